The van der Waals surface area contributed by atoms with Crippen LogP contribution in [0.25, 0.3) is 21.7 Å². The molecule has 166 valence electrons. The number of rotatable bonds is 4. The van der Waals surface area contributed by atoms with E-state index in [2.05, 4.69) is 4.98 Å². The Morgan fingerprint density at radius 3 is 2.69 bits per heavy atom. The van der Waals surface area contributed by atoms with Crippen LogP contribution in [0.1, 0.15) is 32.1 Å². The molecule has 10 heteroatoms. The molecule has 7 rings (SSSR count). The van der Waals surface area contributed by atoms with E-state index in [0.29, 0.717) is 61.6 Å². The van der Waals surface area contributed by atoms with Gasteiger partial charge in [0.15, 0.2) is 11.1 Å². The number of carbonyl (C=O) groups excluding carboxylic acids is 1. The first-order valence-electron chi connectivity index (χ1n) is 10.8. The van der Waals surface area contributed by atoms with E-state index in [0.717, 1.165) is 17.0 Å². The lowest BCUT2D eigenvalue weighted by atomic mass is 9.88. The summed E-state index contributed by atoms with van der Waals surface area (Å²) in [4.78, 5) is 35.8. The number of oxazole rings is 1. The number of hydrogen-bond acceptors (Lipinski definition) is 8. The second-order valence-corrected chi connectivity index (χ2v) is 9.51. The van der Waals surface area contributed by atoms with Crippen molar-refractivity contribution in [2.75, 3.05) is 18.0 Å². The maximum Gasteiger partial charge on any atom is 0.407 e. The Morgan fingerprint density at radius 1 is 1.22 bits per heavy atom. The van der Waals surface area contributed by atoms with Crippen LogP contribution in [0, 0.1) is 0 Å². The standard InChI is InChI=1S/C22H22N4O5S/c27-14-1-3-15(4-2-14)30-17-6-5-16(20-23-7-8-32-20)19-18(17)24-21(31-19)25-10-12-9-13(11-25)26(12)22(28)29/h5-8,12-13,15H,1-4,9-11H2,(H,28,29). The van der Waals surface area contributed by atoms with Crippen LogP contribution in [0.15, 0.2) is 28.1 Å². The number of anilines is 1. The molecule has 2 aromatic heterocycles. The number of carboxylic acid groups (broad SMARTS) is 1. The smallest absolute Gasteiger partial charge is 0.407 e. The van der Waals surface area contributed by atoms with Gasteiger partial charge in [0.2, 0.25) is 0 Å². The van der Waals surface area contributed by atoms with Crippen molar-refractivity contribution >= 4 is 40.3 Å². The lowest BCUT2D eigenvalue weighted by Crippen LogP contribution is -2.70. The summed E-state index contributed by atoms with van der Waals surface area (Å²) < 4.78 is 12.5. The second-order valence-electron chi connectivity index (χ2n) is 8.62. The van der Waals surface area contributed by atoms with Gasteiger partial charge in [-0.25, -0.2) is 9.78 Å². The van der Waals surface area contributed by atoms with Crippen molar-refractivity contribution in [2.45, 2.75) is 50.3 Å². The minimum absolute atomic E-state index is 0.0199. The van der Waals surface area contributed by atoms with Crippen LogP contribution in [-0.4, -0.2) is 63.1 Å². The lowest BCUT2D eigenvalue weighted by Gasteiger charge is -2.54. The fraction of sp³-hybridized carbons (Fsp3) is 0.455. The first-order chi connectivity index (χ1) is 15.6. The highest BCUT2D eigenvalue weighted by atomic mass is 32.1. The van der Waals surface area contributed by atoms with E-state index in [1.54, 1.807) is 6.20 Å². The van der Waals surface area contributed by atoms with Gasteiger partial charge in [-0.15, -0.1) is 11.3 Å². The molecule has 1 saturated carbocycles. The highest BCUT2D eigenvalue weighted by molar-refractivity contribution is 7.13. The summed E-state index contributed by atoms with van der Waals surface area (Å²) in [6.45, 7) is 1.12. The van der Waals surface area contributed by atoms with Crippen LogP contribution >= 0.6 is 11.3 Å². The van der Waals surface area contributed by atoms with Gasteiger partial charge in [-0.2, -0.15) is 4.98 Å². The van der Waals surface area contributed by atoms with Gasteiger partial charge in [0.05, 0.1) is 23.8 Å². The van der Waals surface area contributed by atoms with Gasteiger partial charge >= 0.3 is 6.09 Å². The van der Waals surface area contributed by atoms with E-state index in [9.17, 15) is 14.7 Å². The maximum absolute atomic E-state index is 11.6. The molecular weight excluding hydrogens is 432 g/mol. The first kappa shape index (κ1) is 19.5. The number of hydrogen-bond donors (Lipinski definition) is 1. The van der Waals surface area contributed by atoms with Gasteiger partial charge in [0, 0.05) is 37.5 Å². The van der Waals surface area contributed by atoms with E-state index in [1.165, 1.54) is 16.2 Å². The minimum Gasteiger partial charge on any atom is -0.488 e. The molecule has 1 N–H and O–H groups in total. The van der Waals surface area contributed by atoms with E-state index < -0.39 is 6.09 Å². The van der Waals surface area contributed by atoms with Crippen molar-refractivity contribution in [1.82, 2.24) is 14.9 Å². The number of Topliss-reactive ketones (excluding diaryl/α,β-unsaturated/α-hetero) is 1. The van der Waals surface area contributed by atoms with Crippen molar-refractivity contribution in [1.29, 1.82) is 0 Å². The van der Waals surface area contributed by atoms with Gasteiger partial charge in [-0.3, -0.25) is 9.69 Å². The number of aromatic nitrogens is 2. The number of thiazole rings is 1. The Morgan fingerprint density at radius 2 is 2.00 bits per heavy atom. The Bertz CT molecular complexity index is 1170. The number of piperazine rings is 1. The highest BCUT2D eigenvalue weighted by Gasteiger charge is 2.48. The molecule has 2 atom stereocenters. The summed E-state index contributed by atoms with van der Waals surface area (Å²) in [5.41, 5.74) is 2.11. The summed E-state index contributed by atoms with van der Waals surface area (Å²) in [7, 11) is 0. The zero-order chi connectivity index (χ0) is 21.8. The van der Waals surface area contributed by atoms with Gasteiger partial charge in [-0.1, -0.05) is 0 Å². The van der Waals surface area contributed by atoms with E-state index in [-0.39, 0.29) is 24.0 Å². The monoisotopic (exact) mass is 454 g/mol. The number of fused-ring (bicyclic) bond motifs is 3. The normalized spacial score (nSPS) is 23.4. The molecular formula is C22H22N4O5S. The number of amides is 1. The van der Waals surface area contributed by atoms with Gasteiger partial charge in [0.25, 0.3) is 6.01 Å². The number of piperidine rings is 1. The zero-order valence-electron chi connectivity index (χ0n) is 17.3. The molecule has 0 radical (unpaired) electrons. The first-order valence-corrected chi connectivity index (χ1v) is 11.7. The van der Waals surface area contributed by atoms with E-state index in [4.69, 9.17) is 14.1 Å². The van der Waals surface area contributed by atoms with Crippen LogP contribution in [0.4, 0.5) is 10.8 Å². The minimum atomic E-state index is -0.865. The molecule has 32 heavy (non-hydrogen) atoms. The molecule has 1 aliphatic carbocycles. The van der Waals surface area contributed by atoms with Crippen molar-refractivity contribution in [3.8, 4) is 16.3 Å². The number of benzene rings is 1. The summed E-state index contributed by atoms with van der Waals surface area (Å²) in [5.74, 6) is 0.931. The topological polar surface area (TPSA) is 109 Å². The Balaban J connectivity index is 1.34. The zero-order valence-corrected chi connectivity index (χ0v) is 18.1. The molecule has 9 nitrogen and oxygen atoms in total. The van der Waals surface area contributed by atoms with Crippen LogP contribution in [0.5, 0.6) is 5.75 Å². The number of carbonyl (C=O) groups is 2. The molecule has 1 aromatic carbocycles. The molecule has 3 saturated heterocycles. The van der Waals surface area contributed by atoms with E-state index >= 15 is 0 Å². The average Bonchev–Trinajstić information content (AvgIpc) is 3.46. The molecule has 4 fully saturated rings. The number of ketones is 1. The van der Waals surface area contributed by atoms with E-state index in [1.807, 2.05) is 22.4 Å². The molecule has 3 aliphatic heterocycles. The highest BCUT2D eigenvalue weighted by Crippen LogP contribution is 2.41. The van der Waals surface area contributed by atoms with Gasteiger partial charge in [0.1, 0.15) is 16.5 Å². The Labute approximate surface area is 187 Å². The van der Waals surface area contributed by atoms with Crippen molar-refractivity contribution < 1.29 is 23.8 Å². The summed E-state index contributed by atoms with van der Waals surface area (Å²) >= 11 is 1.53. The molecule has 1 amide bonds. The SMILES string of the molecule is O=C1CCC(Oc2ccc(-c3nccs3)c3oc(N4CC5CC(C4)N5C(=O)O)nc23)CC1. The van der Waals surface area contributed by atoms with Crippen LogP contribution < -0.4 is 9.64 Å². The Hall–Kier alpha value is -3.14. The third kappa shape index (κ3) is 3.21. The van der Waals surface area contributed by atoms with Crippen molar-refractivity contribution in [3.05, 3.63) is 23.7 Å². The van der Waals surface area contributed by atoms with Crippen LogP contribution in [-0.2, 0) is 4.79 Å². The number of nitrogens with zero attached hydrogens (tertiary/aromatic N) is 4. The number of ether oxygens (including phenoxy) is 1. The van der Waals surface area contributed by atoms with Crippen LogP contribution in [0.3, 0.4) is 0 Å². The van der Waals surface area contributed by atoms with Crippen LogP contribution in [0.2, 0.25) is 0 Å². The molecule has 2 unspecified atom stereocenters. The maximum atomic E-state index is 11.6. The predicted octanol–water partition coefficient (Wildman–Crippen LogP) is 3.78. The fourth-order valence-electron chi connectivity index (χ4n) is 5.02. The predicted molar refractivity (Wildman–Crippen MR) is 117 cm³/mol. The van der Waals surface area contributed by atoms with Crippen molar-refractivity contribution in [3.63, 3.8) is 0 Å². The molecule has 2 bridgehead atoms. The second kappa shape index (κ2) is 7.47. The Kier molecular flexibility index (Phi) is 4.56. The average molecular weight is 455 g/mol. The fourth-order valence-corrected chi connectivity index (χ4v) is 5.68. The van der Waals surface area contributed by atoms with Gasteiger partial charge in [-0.05, 0) is 31.4 Å². The lowest BCUT2D eigenvalue weighted by molar-refractivity contribution is -0.121. The van der Waals surface area contributed by atoms with Gasteiger partial charge < -0.3 is 19.2 Å². The molecule has 4 aliphatic rings. The summed E-state index contributed by atoms with van der Waals surface area (Å²) in [6.07, 6.45) is 4.26. The third-order valence-electron chi connectivity index (χ3n) is 6.63. The largest absolute Gasteiger partial charge is 0.488 e. The van der Waals surface area contributed by atoms with Crippen molar-refractivity contribution in [2.24, 2.45) is 0 Å². The third-order valence-corrected chi connectivity index (χ3v) is 7.43. The quantitative estimate of drug-likeness (QED) is 0.634. The summed E-state index contributed by atoms with van der Waals surface area (Å²) in [5, 5.41) is 12.1. The molecule has 3 aromatic rings. The molecule has 0 spiro atoms. The molecule has 5 heterocycles. The summed E-state index contributed by atoms with van der Waals surface area (Å²) in [6, 6.07) is 4.26.